The molecule has 1 aliphatic carbocycles. The maximum atomic E-state index is 13.2. The van der Waals surface area contributed by atoms with Gasteiger partial charge in [-0.1, -0.05) is 36.9 Å². The van der Waals surface area contributed by atoms with E-state index in [4.69, 9.17) is 16.3 Å². The van der Waals surface area contributed by atoms with Gasteiger partial charge < -0.3 is 4.74 Å². The van der Waals surface area contributed by atoms with Crippen LogP contribution in [0.3, 0.4) is 0 Å². The van der Waals surface area contributed by atoms with Gasteiger partial charge in [0.2, 0.25) is 0 Å². The van der Waals surface area contributed by atoms with Crippen molar-refractivity contribution < 1.29 is 13.9 Å². The molecule has 1 fully saturated rings. The highest BCUT2D eigenvalue weighted by Gasteiger charge is 2.35. The molecule has 1 aliphatic rings. The minimum Gasteiger partial charge on any atom is -0.469 e. The fraction of sp³-hybridized carbons (Fsp3) is 0.562. The van der Waals surface area contributed by atoms with Crippen LogP contribution < -0.4 is 0 Å². The molecule has 0 N–H and O–H groups in total. The van der Waals surface area contributed by atoms with Crippen LogP contribution in [-0.2, 0) is 14.9 Å². The molecule has 1 saturated carbocycles. The van der Waals surface area contributed by atoms with Crippen molar-refractivity contribution in [1.82, 2.24) is 0 Å². The molecule has 0 atom stereocenters. The zero-order valence-electron chi connectivity index (χ0n) is 11.8. The number of hydrogen-bond donors (Lipinski definition) is 0. The van der Waals surface area contributed by atoms with E-state index in [1.54, 1.807) is 6.07 Å². The molecule has 0 radical (unpaired) electrons. The first-order valence-corrected chi connectivity index (χ1v) is 7.47. The predicted molar refractivity (Wildman–Crippen MR) is 77.4 cm³/mol. The van der Waals surface area contributed by atoms with Crippen LogP contribution in [0.4, 0.5) is 4.39 Å². The van der Waals surface area contributed by atoms with E-state index in [-0.39, 0.29) is 17.2 Å². The number of methoxy groups -OCH3 is 1. The smallest absolute Gasteiger partial charge is 0.305 e. The maximum Gasteiger partial charge on any atom is 0.305 e. The topological polar surface area (TPSA) is 26.3 Å². The summed E-state index contributed by atoms with van der Waals surface area (Å²) in [6.07, 6.45) is 6.53. The van der Waals surface area contributed by atoms with Crippen LogP contribution in [0.1, 0.15) is 50.5 Å². The van der Waals surface area contributed by atoms with Crippen molar-refractivity contribution in [2.24, 2.45) is 0 Å². The quantitative estimate of drug-likeness (QED) is 0.757. The second kappa shape index (κ2) is 6.57. The van der Waals surface area contributed by atoms with Gasteiger partial charge in [0, 0.05) is 11.4 Å². The van der Waals surface area contributed by atoms with E-state index >= 15 is 0 Å². The van der Waals surface area contributed by atoms with E-state index in [1.165, 1.54) is 25.7 Å². The van der Waals surface area contributed by atoms with Crippen LogP contribution in [0, 0.1) is 5.82 Å². The third-order valence-corrected chi connectivity index (χ3v) is 4.66. The van der Waals surface area contributed by atoms with Gasteiger partial charge in [-0.2, -0.15) is 0 Å². The van der Waals surface area contributed by atoms with Crippen molar-refractivity contribution in [3.63, 3.8) is 0 Å². The van der Waals surface area contributed by atoms with Crippen molar-refractivity contribution in [3.05, 3.63) is 34.6 Å². The Kier molecular flexibility index (Phi) is 5.03. The van der Waals surface area contributed by atoms with Gasteiger partial charge in [0.25, 0.3) is 0 Å². The summed E-state index contributed by atoms with van der Waals surface area (Å²) in [6, 6.07) is 4.60. The summed E-state index contributed by atoms with van der Waals surface area (Å²) >= 11 is 6.25. The Balaban J connectivity index is 2.28. The summed E-state index contributed by atoms with van der Waals surface area (Å²) in [7, 11) is 1.40. The van der Waals surface area contributed by atoms with Crippen LogP contribution in [-0.4, -0.2) is 13.1 Å². The zero-order chi connectivity index (χ0) is 14.6. The fourth-order valence-corrected chi connectivity index (χ4v) is 3.61. The molecular weight excluding hydrogens is 279 g/mol. The van der Waals surface area contributed by atoms with Gasteiger partial charge in [-0.25, -0.2) is 4.39 Å². The van der Waals surface area contributed by atoms with Gasteiger partial charge in [0.15, 0.2) is 0 Å². The molecule has 1 aromatic rings. The number of rotatable bonds is 4. The molecule has 0 aliphatic heterocycles. The third-order valence-electron chi connectivity index (χ3n) is 4.35. The van der Waals surface area contributed by atoms with Crippen molar-refractivity contribution in [3.8, 4) is 0 Å². The molecule has 20 heavy (non-hydrogen) atoms. The summed E-state index contributed by atoms with van der Waals surface area (Å²) in [5.74, 6) is -0.522. The standard InChI is InChI=1S/C16H20ClFO2/c1-20-15(19)7-10-16(8-3-2-4-9-16)13-6-5-12(18)11-14(13)17/h5-6,11H,2-4,7-10H2,1H3. The minimum atomic E-state index is -0.322. The molecule has 0 aromatic heterocycles. The van der Waals surface area contributed by atoms with Gasteiger partial charge in [-0.05, 0) is 42.4 Å². The van der Waals surface area contributed by atoms with Gasteiger partial charge in [0.1, 0.15) is 5.82 Å². The molecule has 0 heterocycles. The first-order chi connectivity index (χ1) is 9.57. The minimum absolute atomic E-state index is 0.114. The Morgan fingerprint density at radius 1 is 1.35 bits per heavy atom. The summed E-state index contributed by atoms with van der Waals surface area (Å²) in [6.45, 7) is 0. The second-order valence-corrected chi connectivity index (χ2v) is 5.95. The predicted octanol–water partition coefficient (Wildman–Crippen LogP) is 4.63. The molecule has 1 aromatic carbocycles. The molecule has 2 rings (SSSR count). The van der Waals surface area contributed by atoms with Crippen LogP contribution in [0.25, 0.3) is 0 Å². The summed E-state index contributed by atoms with van der Waals surface area (Å²) in [5.41, 5.74) is 0.862. The van der Waals surface area contributed by atoms with E-state index in [0.717, 1.165) is 31.2 Å². The van der Waals surface area contributed by atoms with Crippen LogP contribution in [0.5, 0.6) is 0 Å². The first kappa shape index (κ1) is 15.3. The van der Waals surface area contributed by atoms with Crippen molar-refractivity contribution in [1.29, 1.82) is 0 Å². The molecule has 2 nitrogen and oxygen atoms in total. The van der Waals surface area contributed by atoms with Gasteiger partial charge >= 0.3 is 5.97 Å². The van der Waals surface area contributed by atoms with E-state index in [1.807, 2.05) is 0 Å². The number of halogens is 2. The number of benzene rings is 1. The fourth-order valence-electron chi connectivity index (χ4n) is 3.25. The maximum absolute atomic E-state index is 13.2. The lowest BCUT2D eigenvalue weighted by Crippen LogP contribution is -2.30. The van der Waals surface area contributed by atoms with E-state index in [9.17, 15) is 9.18 Å². The largest absolute Gasteiger partial charge is 0.469 e. The monoisotopic (exact) mass is 298 g/mol. The molecule has 0 bridgehead atoms. The van der Waals surface area contributed by atoms with E-state index < -0.39 is 0 Å². The van der Waals surface area contributed by atoms with Crippen LogP contribution in [0.2, 0.25) is 5.02 Å². The van der Waals surface area contributed by atoms with Crippen LogP contribution in [0.15, 0.2) is 18.2 Å². The van der Waals surface area contributed by atoms with Gasteiger partial charge in [-0.15, -0.1) is 0 Å². The number of esters is 1. The number of carbonyl (C=O) groups is 1. The molecule has 0 amide bonds. The SMILES string of the molecule is COC(=O)CCC1(c2ccc(F)cc2Cl)CCCCC1. The Morgan fingerprint density at radius 2 is 2.05 bits per heavy atom. The lowest BCUT2D eigenvalue weighted by molar-refractivity contribution is -0.141. The van der Waals surface area contributed by atoms with Crippen molar-refractivity contribution in [2.45, 2.75) is 50.4 Å². The molecular formula is C16H20ClFO2. The highest BCUT2D eigenvalue weighted by atomic mass is 35.5. The second-order valence-electron chi connectivity index (χ2n) is 5.54. The lowest BCUT2D eigenvalue weighted by atomic mass is 9.67. The molecule has 110 valence electrons. The highest BCUT2D eigenvalue weighted by Crippen LogP contribution is 2.45. The summed E-state index contributed by atoms with van der Waals surface area (Å²) < 4.78 is 18.0. The average Bonchev–Trinajstić information content (AvgIpc) is 2.45. The Hall–Kier alpha value is -1.09. The number of ether oxygens (including phenoxy) is 1. The summed E-state index contributed by atoms with van der Waals surface area (Å²) in [5, 5.41) is 0.469. The molecule has 0 spiro atoms. The normalized spacial score (nSPS) is 17.8. The molecule has 0 saturated heterocycles. The van der Waals surface area contributed by atoms with E-state index in [2.05, 4.69) is 0 Å². The zero-order valence-corrected chi connectivity index (χ0v) is 12.5. The number of hydrogen-bond acceptors (Lipinski definition) is 2. The lowest BCUT2D eigenvalue weighted by Gasteiger charge is -2.38. The van der Waals surface area contributed by atoms with E-state index in [0.29, 0.717) is 17.9 Å². The van der Waals surface area contributed by atoms with Crippen LogP contribution >= 0.6 is 11.6 Å². The number of carbonyl (C=O) groups excluding carboxylic acids is 1. The van der Waals surface area contributed by atoms with Crippen molar-refractivity contribution >= 4 is 17.6 Å². The average molecular weight is 299 g/mol. The Labute approximate surface area is 124 Å². The molecule has 0 unspecified atom stereocenters. The van der Waals surface area contributed by atoms with Crippen molar-refractivity contribution in [2.75, 3.05) is 7.11 Å². The highest BCUT2D eigenvalue weighted by molar-refractivity contribution is 6.31. The Morgan fingerprint density at radius 3 is 2.65 bits per heavy atom. The third kappa shape index (κ3) is 3.32. The molecule has 4 heteroatoms. The Bertz CT molecular complexity index is 481. The van der Waals surface area contributed by atoms with Gasteiger partial charge in [0.05, 0.1) is 7.11 Å². The first-order valence-electron chi connectivity index (χ1n) is 7.10. The summed E-state index contributed by atoms with van der Waals surface area (Å²) in [4.78, 5) is 11.5. The van der Waals surface area contributed by atoms with Gasteiger partial charge in [-0.3, -0.25) is 4.79 Å².